The van der Waals surface area contributed by atoms with E-state index >= 15 is 0 Å². The summed E-state index contributed by atoms with van der Waals surface area (Å²) in [7, 11) is 0. The zero-order valence-electron chi connectivity index (χ0n) is 23.1. The summed E-state index contributed by atoms with van der Waals surface area (Å²) in [4.78, 5) is 27.8. The highest BCUT2D eigenvalue weighted by Crippen LogP contribution is 2.29. The van der Waals surface area contributed by atoms with Gasteiger partial charge in [-0.3, -0.25) is 9.13 Å². The summed E-state index contributed by atoms with van der Waals surface area (Å²) in [6, 6.07) is 44.2. The number of imidazole rings is 1. The Balaban J connectivity index is 1.31. The van der Waals surface area contributed by atoms with Gasteiger partial charge in [0.05, 0.1) is 16.7 Å². The van der Waals surface area contributed by atoms with E-state index < -0.39 is 0 Å². The van der Waals surface area contributed by atoms with Crippen molar-refractivity contribution in [3.05, 3.63) is 144 Å². The number of hydrogen-bond acceptors (Lipinski definition) is 4. The van der Waals surface area contributed by atoms with E-state index in [9.17, 15) is 4.79 Å². The Labute approximate surface area is 243 Å². The molecule has 0 aliphatic rings. The van der Waals surface area contributed by atoms with Gasteiger partial charge in [-0.25, -0.2) is 19.7 Å². The van der Waals surface area contributed by atoms with Gasteiger partial charge in [-0.1, -0.05) is 109 Å². The predicted molar refractivity (Wildman–Crippen MR) is 168 cm³/mol. The van der Waals surface area contributed by atoms with E-state index in [1.165, 1.54) is 0 Å². The molecular formula is C36H27N5O. The third kappa shape index (κ3) is 4.59. The molecule has 0 aliphatic carbocycles. The van der Waals surface area contributed by atoms with Crippen LogP contribution in [0.1, 0.15) is 6.92 Å². The molecule has 0 fully saturated rings. The molecule has 0 radical (unpaired) electrons. The molecular weight excluding hydrogens is 518 g/mol. The van der Waals surface area contributed by atoms with Crippen molar-refractivity contribution >= 4 is 11.0 Å². The summed E-state index contributed by atoms with van der Waals surface area (Å²) < 4.78 is 3.60. The first kappa shape index (κ1) is 25.4. The number of nitrogens with zero attached hydrogens (tertiary/aromatic N) is 5. The molecule has 0 N–H and O–H groups in total. The predicted octanol–water partition coefficient (Wildman–Crippen LogP) is 7.67. The van der Waals surface area contributed by atoms with Gasteiger partial charge in [0.25, 0.3) is 0 Å². The van der Waals surface area contributed by atoms with Gasteiger partial charge in [-0.2, -0.15) is 0 Å². The minimum Gasteiger partial charge on any atom is -0.292 e. The summed E-state index contributed by atoms with van der Waals surface area (Å²) in [5.74, 6) is 1.88. The second-order valence-electron chi connectivity index (χ2n) is 10.0. The Morgan fingerprint density at radius 3 is 1.48 bits per heavy atom. The molecule has 5 aromatic carbocycles. The second-order valence-corrected chi connectivity index (χ2v) is 10.0. The minimum absolute atomic E-state index is 0.0375. The number of rotatable bonds is 6. The fourth-order valence-corrected chi connectivity index (χ4v) is 5.32. The zero-order chi connectivity index (χ0) is 28.5. The lowest BCUT2D eigenvalue weighted by atomic mass is 10.0. The maximum atomic E-state index is 13.3. The molecule has 6 nitrogen and oxygen atoms in total. The van der Waals surface area contributed by atoms with Gasteiger partial charge in [-0.15, -0.1) is 0 Å². The van der Waals surface area contributed by atoms with Crippen LogP contribution in [0.2, 0.25) is 0 Å². The summed E-state index contributed by atoms with van der Waals surface area (Å²) in [5, 5.41) is 0. The maximum Gasteiger partial charge on any atom is 0.333 e. The molecule has 0 aliphatic heterocycles. The molecule has 7 rings (SSSR count). The third-order valence-electron chi connectivity index (χ3n) is 7.44. The Hall–Kier alpha value is -5.62. The summed E-state index contributed by atoms with van der Waals surface area (Å²) in [6.07, 6.45) is 0. The number of aryl methyl sites for hydroxylation is 1. The minimum atomic E-state index is -0.0375. The zero-order valence-corrected chi connectivity index (χ0v) is 23.1. The summed E-state index contributed by atoms with van der Waals surface area (Å²) >= 11 is 0. The van der Waals surface area contributed by atoms with Crippen molar-refractivity contribution in [1.29, 1.82) is 0 Å². The average molecular weight is 546 g/mol. The van der Waals surface area contributed by atoms with Crippen molar-refractivity contribution in [3.8, 4) is 51.0 Å². The van der Waals surface area contributed by atoms with Gasteiger partial charge in [0.15, 0.2) is 17.5 Å². The van der Waals surface area contributed by atoms with Crippen LogP contribution in [0.3, 0.4) is 0 Å². The number of para-hydroxylation sites is 1. The third-order valence-corrected chi connectivity index (χ3v) is 7.44. The van der Waals surface area contributed by atoms with E-state index in [-0.39, 0.29) is 5.69 Å². The van der Waals surface area contributed by atoms with Crippen LogP contribution in [0.5, 0.6) is 0 Å². The molecule has 6 heteroatoms. The number of fused-ring (bicyclic) bond motifs is 1. The maximum absolute atomic E-state index is 13.3. The fourth-order valence-electron chi connectivity index (χ4n) is 5.32. The monoisotopic (exact) mass is 545 g/mol. The lowest BCUT2D eigenvalue weighted by Crippen LogP contribution is -2.22. The molecule has 7 aromatic rings. The molecule has 0 unspecified atom stereocenters. The van der Waals surface area contributed by atoms with Gasteiger partial charge in [-0.05, 0) is 42.3 Å². The van der Waals surface area contributed by atoms with Crippen molar-refractivity contribution in [1.82, 2.24) is 24.1 Å². The average Bonchev–Trinajstić information content (AvgIpc) is 3.35. The SMILES string of the molecule is CCn1c(=O)n(-c2ccccc2)c2cc(-c3ccc(-c4nc(-c5ccccc5)nc(-c5ccccc5)n4)cc3)ccc21. The Morgan fingerprint density at radius 1 is 0.500 bits per heavy atom. The van der Waals surface area contributed by atoms with Crippen LogP contribution in [0.25, 0.3) is 62.0 Å². The van der Waals surface area contributed by atoms with Crippen LogP contribution in [-0.4, -0.2) is 24.1 Å². The van der Waals surface area contributed by atoms with Gasteiger partial charge in [0.1, 0.15) is 0 Å². The first-order valence-corrected chi connectivity index (χ1v) is 14.0. The highest BCUT2D eigenvalue weighted by atomic mass is 16.1. The van der Waals surface area contributed by atoms with Crippen LogP contribution >= 0.6 is 0 Å². The van der Waals surface area contributed by atoms with Crippen LogP contribution < -0.4 is 5.69 Å². The molecule has 0 saturated heterocycles. The van der Waals surface area contributed by atoms with Crippen molar-refractivity contribution in [2.75, 3.05) is 0 Å². The van der Waals surface area contributed by atoms with Crippen LogP contribution in [0.15, 0.2) is 138 Å². The van der Waals surface area contributed by atoms with Crippen molar-refractivity contribution in [2.45, 2.75) is 13.5 Å². The van der Waals surface area contributed by atoms with Gasteiger partial charge < -0.3 is 0 Å². The highest BCUT2D eigenvalue weighted by Gasteiger charge is 2.16. The second kappa shape index (κ2) is 10.7. The van der Waals surface area contributed by atoms with E-state index in [4.69, 9.17) is 15.0 Å². The van der Waals surface area contributed by atoms with Crippen molar-refractivity contribution in [2.24, 2.45) is 0 Å². The summed E-state index contributed by atoms with van der Waals surface area (Å²) in [6.45, 7) is 2.60. The van der Waals surface area contributed by atoms with Gasteiger partial charge in [0.2, 0.25) is 0 Å². The van der Waals surface area contributed by atoms with Crippen LogP contribution in [0.4, 0.5) is 0 Å². The number of benzene rings is 5. The highest BCUT2D eigenvalue weighted by molar-refractivity contribution is 5.84. The Bertz CT molecular complexity index is 2010. The summed E-state index contributed by atoms with van der Waals surface area (Å²) in [5.41, 5.74) is 7.45. The first-order chi connectivity index (χ1) is 20.7. The Kier molecular flexibility index (Phi) is 6.49. The standard InChI is InChI=1S/C36H27N5O/c1-2-40-31-23-22-29(24-32(31)41(36(40)42)30-16-10-5-11-17-30)25-18-20-28(21-19-25)35-38-33(26-12-6-3-7-13-26)37-34(39-35)27-14-8-4-9-15-27/h3-24H,2H2,1H3. The molecule has 0 bridgehead atoms. The number of aromatic nitrogens is 5. The number of hydrogen-bond donors (Lipinski definition) is 0. The van der Waals surface area contributed by atoms with Gasteiger partial charge in [0, 0.05) is 23.2 Å². The topological polar surface area (TPSA) is 65.6 Å². The molecule has 202 valence electrons. The first-order valence-electron chi connectivity index (χ1n) is 14.0. The largest absolute Gasteiger partial charge is 0.333 e. The quantitative estimate of drug-likeness (QED) is 0.215. The molecule has 42 heavy (non-hydrogen) atoms. The van der Waals surface area contributed by atoms with E-state index in [1.54, 1.807) is 4.57 Å². The smallest absolute Gasteiger partial charge is 0.292 e. The molecule has 2 aromatic heterocycles. The lowest BCUT2D eigenvalue weighted by molar-refractivity contribution is 0.734. The van der Waals surface area contributed by atoms with E-state index in [0.29, 0.717) is 24.0 Å². The Morgan fingerprint density at radius 2 is 0.952 bits per heavy atom. The molecule has 2 heterocycles. The molecule has 0 saturated carbocycles. The fraction of sp³-hybridized carbons (Fsp3) is 0.0556. The van der Waals surface area contributed by atoms with E-state index in [0.717, 1.165) is 44.5 Å². The van der Waals surface area contributed by atoms with Crippen molar-refractivity contribution in [3.63, 3.8) is 0 Å². The lowest BCUT2D eigenvalue weighted by Gasteiger charge is -2.09. The van der Waals surface area contributed by atoms with Crippen molar-refractivity contribution < 1.29 is 0 Å². The van der Waals surface area contributed by atoms with E-state index in [2.05, 4.69) is 24.3 Å². The van der Waals surface area contributed by atoms with Crippen LogP contribution in [-0.2, 0) is 6.54 Å². The normalized spacial score (nSPS) is 11.2. The van der Waals surface area contributed by atoms with E-state index in [1.807, 2.05) is 121 Å². The molecule has 0 amide bonds. The van der Waals surface area contributed by atoms with Gasteiger partial charge >= 0.3 is 5.69 Å². The molecule has 0 spiro atoms. The molecule has 0 atom stereocenters. The van der Waals surface area contributed by atoms with Crippen LogP contribution in [0, 0.1) is 0 Å².